The number of aliphatic hydroxyl groups excluding tert-OH is 1. The van der Waals surface area contributed by atoms with E-state index in [2.05, 4.69) is 51.7 Å². The van der Waals surface area contributed by atoms with Gasteiger partial charge in [-0.25, -0.2) is 4.68 Å². The van der Waals surface area contributed by atoms with Crippen molar-refractivity contribution < 1.29 is 5.11 Å². The largest absolute Gasteiger partial charge is 0.396 e. The van der Waals surface area contributed by atoms with Gasteiger partial charge in [0, 0.05) is 18.8 Å². The highest BCUT2D eigenvalue weighted by atomic mass is 16.3. The minimum Gasteiger partial charge on any atom is -0.396 e. The second-order valence-electron chi connectivity index (χ2n) is 6.95. The lowest BCUT2D eigenvalue weighted by atomic mass is 10.1. The van der Waals surface area contributed by atoms with Crippen molar-refractivity contribution in [3.8, 4) is 5.69 Å². The van der Waals surface area contributed by atoms with E-state index in [1.165, 1.54) is 11.1 Å². The average Bonchev–Trinajstić information content (AvgIpc) is 3.16. The number of aryl methyl sites for hydroxylation is 2. The van der Waals surface area contributed by atoms with Crippen LogP contribution >= 0.6 is 0 Å². The number of benzene rings is 2. The molecule has 0 unspecified atom stereocenters. The molecule has 0 aliphatic rings. The summed E-state index contributed by atoms with van der Waals surface area (Å²) < 4.78 is 1.81. The predicted molar refractivity (Wildman–Crippen MR) is 116 cm³/mol. The molecule has 4 aromatic rings. The summed E-state index contributed by atoms with van der Waals surface area (Å²) in [6.07, 6.45) is 2.41. The van der Waals surface area contributed by atoms with Gasteiger partial charge in [-0.1, -0.05) is 24.3 Å². The highest BCUT2D eigenvalue weighted by molar-refractivity contribution is 5.90. The zero-order chi connectivity index (χ0) is 20.2. The van der Waals surface area contributed by atoms with Crippen LogP contribution in [0.15, 0.2) is 54.7 Å². The molecule has 0 amide bonds. The molecule has 0 spiro atoms. The maximum atomic E-state index is 9.07. The SMILES string of the molecule is Cc1ccc(Nc2nc(NCCCO)nc3c2cnn3-c2ccccc2)cc1C. The Balaban J connectivity index is 1.78. The van der Waals surface area contributed by atoms with Gasteiger partial charge in [-0.05, 0) is 55.7 Å². The van der Waals surface area contributed by atoms with E-state index in [4.69, 9.17) is 5.11 Å². The van der Waals surface area contributed by atoms with Crippen LogP contribution in [0, 0.1) is 13.8 Å². The fourth-order valence-corrected chi connectivity index (χ4v) is 3.08. The minimum atomic E-state index is 0.116. The first-order valence-corrected chi connectivity index (χ1v) is 9.66. The average molecular weight is 388 g/mol. The van der Waals surface area contributed by atoms with Gasteiger partial charge in [0.1, 0.15) is 5.82 Å². The zero-order valence-electron chi connectivity index (χ0n) is 16.6. The number of hydrogen-bond donors (Lipinski definition) is 3. The van der Waals surface area contributed by atoms with Crippen molar-refractivity contribution in [2.45, 2.75) is 20.3 Å². The van der Waals surface area contributed by atoms with Crippen molar-refractivity contribution in [2.24, 2.45) is 0 Å². The number of rotatable bonds is 7. The van der Waals surface area contributed by atoms with E-state index in [1.807, 2.05) is 36.4 Å². The van der Waals surface area contributed by atoms with E-state index in [9.17, 15) is 0 Å². The molecule has 0 bridgehead atoms. The second-order valence-corrected chi connectivity index (χ2v) is 6.95. The third-order valence-corrected chi connectivity index (χ3v) is 4.82. The van der Waals surface area contributed by atoms with Crippen molar-refractivity contribution >= 4 is 28.5 Å². The second kappa shape index (κ2) is 8.28. The first kappa shape index (κ1) is 18.9. The molecule has 3 N–H and O–H groups in total. The number of fused-ring (bicyclic) bond motifs is 1. The van der Waals surface area contributed by atoms with Crippen molar-refractivity contribution in [1.82, 2.24) is 19.7 Å². The summed E-state index contributed by atoms with van der Waals surface area (Å²) in [7, 11) is 0. The molecule has 4 rings (SSSR count). The molecule has 0 radical (unpaired) electrons. The monoisotopic (exact) mass is 388 g/mol. The topological polar surface area (TPSA) is 87.9 Å². The Kier molecular flexibility index (Phi) is 5.39. The Labute approximate surface area is 169 Å². The van der Waals surface area contributed by atoms with Crippen LogP contribution < -0.4 is 10.6 Å². The van der Waals surface area contributed by atoms with Crippen LogP contribution in [0.2, 0.25) is 0 Å². The molecule has 0 atom stereocenters. The fraction of sp³-hybridized carbons (Fsp3) is 0.227. The van der Waals surface area contributed by atoms with Crippen molar-refractivity contribution in [2.75, 3.05) is 23.8 Å². The van der Waals surface area contributed by atoms with Gasteiger partial charge in [0.15, 0.2) is 5.65 Å². The molecule has 7 nitrogen and oxygen atoms in total. The third kappa shape index (κ3) is 4.05. The molecular weight excluding hydrogens is 364 g/mol. The molecule has 0 saturated heterocycles. The smallest absolute Gasteiger partial charge is 0.226 e. The van der Waals surface area contributed by atoms with Gasteiger partial charge in [-0.3, -0.25) is 0 Å². The first-order chi connectivity index (χ1) is 14.2. The van der Waals surface area contributed by atoms with Gasteiger partial charge in [0.05, 0.1) is 17.3 Å². The quantitative estimate of drug-likeness (QED) is 0.415. The molecule has 148 valence electrons. The van der Waals surface area contributed by atoms with Crippen LogP contribution in [0.4, 0.5) is 17.5 Å². The number of nitrogens with one attached hydrogen (secondary N) is 2. The summed E-state index contributed by atoms with van der Waals surface area (Å²) in [5.74, 6) is 1.18. The number of aromatic nitrogens is 4. The Hall–Kier alpha value is -3.45. The van der Waals surface area contributed by atoms with Crippen LogP contribution in [-0.4, -0.2) is 38.0 Å². The van der Waals surface area contributed by atoms with E-state index in [1.54, 1.807) is 10.9 Å². The molecule has 2 aromatic carbocycles. The lowest BCUT2D eigenvalue weighted by Crippen LogP contribution is -2.09. The number of aliphatic hydroxyl groups is 1. The van der Waals surface area contributed by atoms with Crippen LogP contribution in [0.5, 0.6) is 0 Å². The van der Waals surface area contributed by atoms with Gasteiger partial charge in [-0.2, -0.15) is 15.1 Å². The van der Waals surface area contributed by atoms with Gasteiger partial charge < -0.3 is 15.7 Å². The van der Waals surface area contributed by atoms with Crippen molar-refractivity contribution in [3.63, 3.8) is 0 Å². The molecule has 2 aromatic heterocycles. The zero-order valence-corrected chi connectivity index (χ0v) is 16.6. The lowest BCUT2D eigenvalue weighted by molar-refractivity contribution is 0.292. The Morgan fingerprint density at radius 2 is 1.83 bits per heavy atom. The highest BCUT2D eigenvalue weighted by Crippen LogP contribution is 2.27. The van der Waals surface area contributed by atoms with Crippen LogP contribution in [-0.2, 0) is 0 Å². The van der Waals surface area contributed by atoms with Crippen LogP contribution in [0.1, 0.15) is 17.5 Å². The van der Waals surface area contributed by atoms with Crippen molar-refractivity contribution in [1.29, 1.82) is 0 Å². The van der Waals surface area contributed by atoms with Gasteiger partial charge in [0.25, 0.3) is 0 Å². The Morgan fingerprint density at radius 1 is 1.00 bits per heavy atom. The molecule has 0 saturated carbocycles. The normalized spacial score (nSPS) is 11.0. The van der Waals surface area contributed by atoms with E-state index in [0.29, 0.717) is 30.4 Å². The number of hydrogen-bond acceptors (Lipinski definition) is 6. The van der Waals surface area contributed by atoms with Crippen molar-refractivity contribution in [3.05, 3.63) is 65.9 Å². The molecule has 0 aliphatic carbocycles. The summed E-state index contributed by atoms with van der Waals surface area (Å²) in [6, 6.07) is 16.1. The lowest BCUT2D eigenvalue weighted by Gasteiger charge is -2.12. The highest BCUT2D eigenvalue weighted by Gasteiger charge is 2.14. The Morgan fingerprint density at radius 3 is 2.59 bits per heavy atom. The van der Waals surface area contributed by atoms with Crippen LogP contribution in [0.25, 0.3) is 16.7 Å². The van der Waals surface area contributed by atoms with E-state index in [-0.39, 0.29) is 6.61 Å². The minimum absolute atomic E-state index is 0.116. The third-order valence-electron chi connectivity index (χ3n) is 4.82. The summed E-state index contributed by atoms with van der Waals surface area (Å²) in [5, 5.41) is 21.0. The summed E-state index contributed by atoms with van der Waals surface area (Å²) in [5.41, 5.74) is 5.05. The van der Waals surface area contributed by atoms with Crippen LogP contribution in [0.3, 0.4) is 0 Å². The number of para-hydroxylation sites is 1. The summed E-state index contributed by atoms with van der Waals surface area (Å²) in [6.45, 7) is 4.88. The summed E-state index contributed by atoms with van der Waals surface area (Å²) >= 11 is 0. The number of anilines is 3. The Bertz CT molecular complexity index is 1120. The predicted octanol–water partition coefficient (Wildman–Crippen LogP) is 3.97. The van der Waals surface area contributed by atoms with Gasteiger partial charge in [-0.15, -0.1) is 0 Å². The summed E-state index contributed by atoms with van der Waals surface area (Å²) in [4.78, 5) is 9.33. The van der Waals surface area contributed by atoms with E-state index < -0.39 is 0 Å². The fourth-order valence-electron chi connectivity index (χ4n) is 3.08. The molecule has 0 fully saturated rings. The van der Waals surface area contributed by atoms with Gasteiger partial charge in [0.2, 0.25) is 5.95 Å². The molecular formula is C22H24N6O. The maximum absolute atomic E-state index is 9.07. The standard InChI is InChI=1S/C22H24N6O/c1-15-9-10-17(13-16(15)2)25-20-19-14-24-28(18-7-4-3-5-8-18)21(19)27-22(26-20)23-11-6-12-29/h3-5,7-10,13-14,29H,6,11-12H2,1-2H3,(H2,23,25,26,27). The van der Waals surface area contributed by atoms with E-state index >= 15 is 0 Å². The maximum Gasteiger partial charge on any atom is 0.226 e. The van der Waals surface area contributed by atoms with Gasteiger partial charge >= 0.3 is 0 Å². The molecule has 7 heteroatoms. The number of nitrogens with zero attached hydrogens (tertiary/aromatic N) is 4. The van der Waals surface area contributed by atoms with E-state index in [0.717, 1.165) is 16.8 Å². The first-order valence-electron chi connectivity index (χ1n) is 9.66. The molecule has 29 heavy (non-hydrogen) atoms. The molecule has 0 aliphatic heterocycles. The molecule has 2 heterocycles.